The summed E-state index contributed by atoms with van der Waals surface area (Å²) in [5, 5.41) is 8.87. The van der Waals surface area contributed by atoms with Gasteiger partial charge in [-0.1, -0.05) is 30.3 Å². The molecule has 0 aliphatic rings. The lowest BCUT2D eigenvalue weighted by atomic mass is 9.90. The van der Waals surface area contributed by atoms with E-state index in [1.807, 2.05) is 69.0 Å². The first kappa shape index (κ1) is 23.4. The van der Waals surface area contributed by atoms with Crippen molar-refractivity contribution in [1.29, 1.82) is 0 Å². The van der Waals surface area contributed by atoms with Crippen LogP contribution in [0.4, 0.5) is 5.69 Å². The fourth-order valence-corrected chi connectivity index (χ4v) is 4.74. The second kappa shape index (κ2) is 9.74. The van der Waals surface area contributed by atoms with E-state index in [0.29, 0.717) is 12.1 Å². The number of aryl methyl sites for hydroxylation is 2. The molecule has 6 heteroatoms. The van der Waals surface area contributed by atoms with Crippen molar-refractivity contribution >= 4 is 22.5 Å². The van der Waals surface area contributed by atoms with Gasteiger partial charge in [-0.15, -0.1) is 0 Å². The topological polar surface area (TPSA) is 66.0 Å². The highest BCUT2D eigenvalue weighted by atomic mass is 16.1. The van der Waals surface area contributed by atoms with Crippen molar-refractivity contribution in [3.05, 3.63) is 113 Å². The largest absolute Gasteiger partial charge is 0.378 e. The van der Waals surface area contributed by atoms with Gasteiger partial charge in [0.1, 0.15) is 0 Å². The van der Waals surface area contributed by atoms with Crippen LogP contribution in [0.5, 0.6) is 0 Å². The van der Waals surface area contributed by atoms with E-state index < -0.39 is 0 Å². The Labute approximate surface area is 211 Å². The Kier molecular flexibility index (Phi) is 6.34. The van der Waals surface area contributed by atoms with E-state index >= 15 is 0 Å². The molecule has 182 valence electrons. The highest BCUT2D eigenvalue weighted by Crippen LogP contribution is 2.31. The smallest absolute Gasteiger partial charge is 0.251 e. The molecule has 6 nitrogen and oxygen atoms in total. The fraction of sp³-hybridized carbons (Fsp3) is 0.200. The summed E-state index contributed by atoms with van der Waals surface area (Å²) in [5.74, 6) is -0.0834. The van der Waals surface area contributed by atoms with Gasteiger partial charge in [-0.2, -0.15) is 5.10 Å². The summed E-state index contributed by atoms with van der Waals surface area (Å²) in [7, 11) is 4.07. The van der Waals surface area contributed by atoms with Crippen LogP contribution in [0.2, 0.25) is 0 Å². The van der Waals surface area contributed by atoms with Crippen LogP contribution in [-0.2, 0) is 0 Å². The number of anilines is 1. The lowest BCUT2D eigenvalue weighted by Crippen LogP contribution is -2.29. The van der Waals surface area contributed by atoms with Gasteiger partial charge in [0.2, 0.25) is 0 Å². The number of nitrogens with one attached hydrogen (secondary N) is 2. The van der Waals surface area contributed by atoms with E-state index in [4.69, 9.17) is 0 Å². The normalized spacial score (nSPS) is 12.0. The van der Waals surface area contributed by atoms with Gasteiger partial charge < -0.3 is 15.2 Å². The number of carbonyl (C=O) groups excluding carboxylic acids is 1. The molecule has 2 heterocycles. The summed E-state index contributed by atoms with van der Waals surface area (Å²) in [5.41, 5.74) is 8.16. The molecule has 1 atom stereocenters. The third-order valence-electron chi connectivity index (χ3n) is 6.66. The Morgan fingerprint density at radius 1 is 1.00 bits per heavy atom. The van der Waals surface area contributed by atoms with E-state index in [1.54, 1.807) is 0 Å². The number of carbonyl (C=O) groups is 1. The maximum Gasteiger partial charge on any atom is 0.251 e. The summed E-state index contributed by atoms with van der Waals surface area (Å²) in [6.07, 6.45) is 2.06. The second-order valence-corrected chi connectivity index (χ2v) is 9.42. The first-order chi connectivity index (χ1) is 17.4. The molecule has 5 aromatic rings. The molecule has 0 aliphatic carbocycles. The van der Waals surface area contributed by atoms with E-state index in [1.165, 1.54) is 10.9 Å². The molecule has 0 fully saturated rings. The first-order valence-corrected chi connectivity index (χ1v) is 12.2. The summed E-state index contributed by atoms with van der Waals surface area (Å²) in [6.45, 7) is 4.49. The van der Waals surface area contributed by atoms with Crippen LogP contribution in [0.15, 0.2) is 85.1 Å². The van der Waals surface area contributed by atoms with Crippen LogP contribution in [0.25, 0.3) is 16.6 Å². The lowest BCUT2D eigenvalue weighted by molar-refractivity contribution is 0.0952. The van der Waals surface area contributed by atoms with E-state index in [9.17, 15) is 4.79 Å². The number of rotatable bonds is 7. The Hall–Kier alpha value is -4.32. The third-order valence-corrected chi connectivity index (χ3v) is 6.66. The Balaban J connectivity index is 1.39. The fourth-order valence-electron chi connectivity index (χ4n) is 4.74. The number of hydrogen-bond donors (Lipinski definition) is 2. The quantitative estimate of drug-likeness (QED) is 0.321. The molecule has 0 saturated heterocycles. The standard InChI is InChI=1S/C30H31N5O/c1-20-17-21(2)35(33-20)25-15-11-23(12-16-25)30(36)32-18-27(22-9-13-24(14-10-22)34(3)4)28-19-31-29-8-6-5-7-26(28)29/h5-17,19,27,31H,18H2,1-4H3,(H,32,36)/t27-/m1/s1. The molecule has 0 saturated carbocycles. The van der Waals surface area contributed by atoms with Crippen LogP contribution in [-0.4, -0.2) is 41.3 Å². The summed E-state index contributed by atoms with van der Waals surface area (Å²) in [6, 6.07) is 26.4. The number of amides is 1. The molecule has 36 heavy (non-hydrogen) atoms. The number of nitrogens with zero attached hydrogens (tertiary/aromatic N) is 3. The van der Waals surface area contributed by atoms with Crippen LogP contribution in [0.1, 0.15) is 38.8 Å². The monoisotopic (exact) mass is 477 g/mol. The molecule has 2 N–H and O–H groups in total. The molecule has 0 unspecified atom stereocenters. The zero-order chi connectivity index (χ0) is 25.2. The summed E-state index contributed by atoms with van der Waals surface area (Å²) < 4.78 is 1.89. The van der Waals surface area contributed by atoms with E-state index in [2.05, 4.69) is 69.0 Å². The van der Waals surface area contributed by atoms with Crippen molar-refractivity contribution in [2.24, 2.45) is 0 Å². The predicted octanol–water partition coefficient (Wildman–Crippen LogP) is 5.60. The Morgan fingerprint density at radius 3 is 2.39 bits per heavy atom. The summed E-state index contributed by atoms with van der Waals surface area (Å²) >= 11 is 0. The van der Waals surface area contributed by atoms with Gasteiger partial charge >= 0.3 is 0 Å². The van der Waals surface area contributed by atoms with Crippen molar-refractivity contribution in [3.8, 4) is 5.69 Å². The van der Waals surface area contributed by atoms with Crippen molar-refractivity contribution in [2.75, 3.05) is 25.5 Å². The van der Waals surface area contributed by atoms with Crippen LogP contribution in [0, 0.1) is 13.8 Å². The molecular formula is C30H31N5O. The minimum absolute atomic E-state index is 0.00952. The number of aromatic nitrogens is 3. The molecule has 0 bridgehead atoms. The number of aromatic amines is 1. The van der Waals surface area contributed by atoms with Gasteiger partial charge in [0.25, 0.3) is 5.91 Å². The highest BCUT2D eigenvalue weighted by molar-refractivity contribution is 5.94. The zero-order valence-corrected chi connectivity index (χ0v) is 21.1. The lowest BCUT2D eigenvalue weighted by Gasteiger charge is -2.20. The maximum absolute atomic E-state index is 13.1. The van der Waals surface area contributed by atoms with E-state index in [0.717, 1.165) is 33.8 Å². The van der Waals surface area contributed by atoms with Gasteiger partial charge in [0.15, 0.2) is 0 Å². The molecule has 2 aromatic heterocycles. The van der Waals surface area contributed by atoms with Gasteiger partial charge in [0.05, 0.1) is 11.4 Å². The SMILES string of the molecule is Cc1cc(C)n(-c2ccc(C(=O)NC[C@H](c3ccc(N(C)C)cc3)c3c[nH]c4ccccc34)cc2)n1. The van der Waals surface area contributed by atoms with Gasteiger partial charge in [-0.25, -0.2) is 4.68 Å². The molecule has 3 aromatic carbocycles. The average Bonchev–Trinajstić information content (AvgIpc) is 3.47. The average molecular weight is 478 g/mol. The molecular weight excluding hydrogens is 446 g/mol. The number of hydrogen-bond acceptors (Lipinski definition) is 3. The highest BCUT2D eigenvalue weighted by Gasteiger charge is 2.20. The number of fused-ring (bicyclic) bond motifs is 1. The van der Waals surface area contributed by atoms with Crippen molar-refractivity contribution in [1.82, 2.24) is 20.1 Å². The molecule has 0 radical (unpaired) electrons. The molecule has 0 spiro atoms. The second-order valence-electron chi connectivity index (χ2n) is 9.42. The van der Waals surface area contributed by atoms with Crippen molar-refractivity contribution in [2.45, 2.75) is 19.8 Å². The Morgan fingerprint density at radius 2 is 1.72 bits per heavy atom. The first-order valence-electron chi connectivity index (χ1n) is 12.2. The van der Waals surface area contributed by atoms with Crippen molar-refractivity contribution < 1.29 is 4.79 Å². The van der Waals surface area contributed by atoms with Crippen molar-refractivity contribution in [3.63, 3.8) is 0 Å². The predicted molar refractivity (Wildman–Crippen MR) is 146 cm³/mol. The number of H-pyrrole nitrogens is 1. The third kappa shape index (κ3) is 4.62. The molecule has 1 amide bonds. The maximum atomic E-state index is 13.1. The van der Waals surface area contributed by atoms with E-state index in [-0.39, 0.29) is 11.8 Å². The van der Waals surface area contributed by atoms with Gasteiger partial charge in [-0.3, -0.25) is 4.79 Å². The minimum atomic E-state index is -0.0929. The van der Waals surface area contributed by atoms with Crippen LogP contribution in [0.3, 0.4) is 0 Å². The number of benzene rings is 3. The number of para-hydroxylation sites is 1. The minimum Gasteiger partial charge on any atom is -0.378 e. The molecule has 5 rings (SSSR count). The molecule has 0 aliphatic heterocycles. The van der Waals surface area contributed by atoms with Gasteiger partial charge in [0, 0.05) is 60.6 Å². The Bertz CT molecular complexity index is 1490. The van der Waals surface area contributed by atoms with Crippen LogP contribution >= 0.6 is 0 Å². The van der Waals surface area contributed by atoms with Gasteiger partial charge in [-0.05, 0) is 73.5 Å². The summed E-state index contributed by atoms with van der Waals surface area (Å²) in [4.78, 5) is 18.6. The zero-order valence-electron chi connectivity index (χ0n) is 21.1. The van der Waals surface area contributed by atoms with Crippen LogP contribution < -0.4 is 10.2 Å².